The van der Waals surface area contributed by atoms with Crippen LogP contribution in [0.25, 0.3) is 0 Å². The van der Waals surface area contributed by atoms with E-state index >= 15 is 0 Å². The van der Waals surface area contributed by atoms with E-state index in [0.717, 1.165) is 10.0 Å². The molecule has 2 amide bonds. The number of halogens is 2. The highest BCUT2D eigenvalue weighted by Crippen LogP contribution is 2.14. The smallest absolute Gasteiger partial charge is 0.251 e. The van der Waals surface area contributed by atoms with Gasteiger partial charge < -0.3 is 10.6 Å². The third-order valence-corrected chi connectivity index (χ3v) is 4.53. The number of rotatable bonds is 6. The molecule has 0 fully saturated rings. The van der Waals surface area contributed by atoms with Crippen molar-refractivity contribution in [2.24, 2.45) is 0 Å². The molecule has 0 bridgehead atoms. The Morgan fingerprint density at radius 2 is 1.74 bits per heavy atom. The molecule has 0 aliphatic heterocycles. The van der Waals surface area contributed by atoms with Crippen molar-refractivity contribution in [3.05, 3.63) is 81.4 Å². The summed E-state index contributed by atoms with van der Waals surface area (Å²) in [7, 11) is 0. The molecule has 8 heteroatoms. The predicted molar refractivity (Wildman–Crippen MR) is 108 cm³/mol. The molecule has 0 atom stereocenters. The summed E-state index contributed by atoms with van der Waals surface area (Å²) < 4.78 is 2.54. The summed E-state index contributed by atoms with van der Waals surface area (Å²) in [5.74, 6) is -0.0986. The Balaban J connectivity index is 1.55. The molecule has 0 saturated heterocycles. The van der Waals surface area contributed by atoms with Crippen molar-refractivity contribution in [1.29, 1.82) is 0 Å². The maximum atomic E-state index is 12.2. The first kappa shape index (κ1) is 19.1. The fourth-order valence-electron chi connectivity index (χ4n) is 2.38. The van der Waals surface area contributed by atoms with E-state index in [1.54, 1.807) is 53.3 Å². The van der Waals surface area contributed by atoms with Crippen LogP contribution >= 0.6 is 27.5 Å². The first-order chi connectivity index (χ1) is 13.0. The van der Waals surface area contributed by atoms with E-state index in [2.05, 4.69) is 31.7 Å². The van der Waals surface area contributed by atoms with E-state index in [1.807, 2.05) is 12.1 Å². The quantitative estimate of drug-likeness (QED) is 0.605. The molecule has 2 N–H and O–H groups in total. The van der Waals surface area contributed by atoms with Crippen molar-refractivity contribution in [3.63, 3.8) is 0 Å². The fourth-order valence-corrected chi connectivity index (χ4v) is 2.77. The van der Waals surface area contributed by atoms with Crippen LogP contribution in [0.2, 0.25) is 5.02 Å². The number of nitrogens with one attached hydrogen (secondary N) is 2. The molecule has 2 aromatic carbocycles. The van der Waals surface area contributed by atoms with E-state index in [4.69, 9.17) is 11.6 Å². The summed E-state index contributed by atoms with van der Waals surface area (Å²) in [6, 6.07) is 16.0. The number of hydrogen-bond donors (Lipinski definition) is 2. The average molecular weight is 448 g/mol. The van der Waals surface area contributed by atoms with Crippen LogP contribution in [0.3, 0.4) is 0 Å². The standard InChI is InChI=1S/C19H16BrClN4O2/c20-15-5-3-14(4-6-15)19(27)22-11-18(26)24-17-9-10-23-25(17)12-13-1-7-16(21)8-2-13/h1-10H,11-12H2,(H,22,27)(H,24,26). The van der Waals surface area contributed by atoms with Gasteiger partial charge in [0.15, 0.2) is 0 Å². The van der Waals surface area contributed by atoms with Gasteiger partial charge in [-0.05, 0) is 42.0 Å². The molecule has 3 aromatic rings. The number of carbonyl (C=O) groups excluding carboxylic acids is 2. The Kier molecular flexibility index (Phi) is 6.26. The lowest BCUT2D eigenvalue weighted by Gasteiger charge is -2.10. The number of anilines is 1. The van der Waals surface area contributed by atoms with Crippen molar-refractivity contribution in [3.8, 4) is 0 Å². The van der Waals surface area contributed by atoms with Crippen LogP contribution in [-0.2, 0) is 11.3 Å². The van der Waals surface area contributed by atoms with Crippen LogP contribution in [0, 0.1) is 0 Å². The van der Waals surface area contributed by atoms with Crippen LogP contribution in [0.5, 0.6) is 0 Å². The number of nitrogens with zero attached hydrogens (tertiary/aromatic N) is 2. The summed E-state index contributed by atoms with van der Waals surface area (Å²) in [4.78, 5) is 24.2. The summed E-state index contributed by atoms with van der Waals surface area (Å²) in [6.07, 6.45) is 1.60. The molecule has 138 valence electrons. The third kappa shape index (κ3) is 5.42. The number of aromatic nitrogens is 2. The Hall–Kier alpha value is -2.64. The molecule has 1 heterocycles. The Morgan fingerprint density at radius 3 is 2.44 bits per heavy atom. The molecule has 0 saturated carbocycles. The van der Waals surface area contributed by atoms with Gasteiger partial charge in [0.2, 0.25) is 5.91 Å². The Morgan fingerprint density at radius 1 is 1.04 bits per heavy atom. The van der Waals surface area contributed by atoms with E-state index in [-0.39, 0.29) is 18.4 Å². The first-order valence-electron chi connectivity index (χ1n) is 8.11. The summed E-state index contributed by atoms with van der Waals surface area (Å²) in [5.41, 5.74) is 1.49. The lowest BCUT2D eigenvalue weighted by Crippen LogP contribution is -2.33. The van der Waals surface area contributed by atoms with Gasteiger partial charge in [0.05, 0.1) is 19.3 Å². The summed E-state index contributed by atoms with van der Waals surface area (Å²) in [6.45, 7) is 0.353. The lowest BCUT2D eigenvalue weighted by molar-refractivity contribution is -0.115. The normalized spacial score (nSPS) is 10.4. The number of carbonyl (C=O) groups is 2. The van der Waals surface area contributed by atoms with Gasteiger partial charge in [-0.25, -0.2) is 4.68 Å². The number of amides is 2. The maximum Gasteiger partial charge on any atom is 0.251 e. The Bertz CT molecular complexity index is 939. The van der Waals surface area contributed by atoms with Gasteiger partial charge in [-0.1, -0.05) is 39.7 Å². The molecule has 0 radical (unpaired) electrons. The van der Waals surface area contributed by atoms with Gasteiger partial charge in [0, 0.05) is 21.1 Å². The predicted octanol–water partition coefficient (Wildman–Crippen LogP) is 3.72. The van der Waals surface area contributed by atoms with Crippen molar-refractivity contribution >= 4 is 45.2 Å². The lowest BCUT2D eigenvalue weighted by atomic mass is 10.2. The highest BCUT2D eigenvalue weighted by molar-refractivity contribution is 9.10. The van der Waals surface area contributed by atoms with Crippen molar-refractivity contribution in [2.45, 2.75) is 6.54 Å². The second-order valence-corrected chi connectivity index (χ2v) is 7.09. The van der Waals surface area contributed by atoms with E-state index in [9.17, 15) is 9.59 Å². The third-order valence-electron chi connectivity index (χ3n) is 3.75. The highest BCUT2D eigenvalue weighted by atomic mass is 79.9. The average Bonchev–Trinajstić information content (AvgIpc) is 3.09. The van der Waals surface area contributed by atoms with Gasteiger partial charge >= 0.3 is 0 Å². The molecule has 27 heavy (non-hydrogen) atoms. The van der Waals surface area contributed by atoms with Crippen LogP contribution in [0.4, 0.5) is 5.82 Å². The van der Waals surface area contributed by atoms with Crippen molar-refractivity contribution in [1.82, 2.24) is 15.1 Å². The minimum atomic E-state index is -0.335. The summed E-state index contributed by atoms with van der Waals surface area (Å²) in [5, 5.41) is 10.2. The molecule has 0 unspecified atom stereocenters. The molecule has 1 aromatic heterocycles. The molecule has 0 aliphatic carbocycles. The van der Waals surface area contributed by atoms with Crippen LogP contribution in [0.15, 0.2) is 65.3 Å². The van der Waals surface area contributed by atoms with Gasteiger partial charge in [-0.15, -0.1) is 0 Å². The monoisotopic (exact) mass is 446 g/mol. The van der Waals surface area contributed by atoms with E-state index < -0.39 is 0 Å². The van der Waals surface area contributed by atoms with Crippen LogP contribution in [-0.4, -0.2) is 28.1 Å². The molecule has 3 rings (SSSR count). The SMILES string of the molecule is O=C(CNC(=O)c1ccc(Br)cc1)Nc1ccnn1Cc1ccc(Cl)cc1. The molecule has 0 aliphatic rings. The first-order valence-corrected chi connectivity index (χ1v) is 9.28. The van der Waals surface area contributed by atoms with E-state index in [0.29, 0.717) is 22.9 Å². The topological polar surface area (TPSA) is 76.0 Å². The molecule has 6 nitrogen and oxygen atoms in total. The maximum absolute atomic E-state index is 12.2. The number of benzene rings is 2. The molecular weight excluding hydrogens is 432 g/mol. The summed E-state index contributed by atoms with van der Waals surface area (Å²) >= 11 is 9.20. The van der Waals surface area contributed by atoms with Crippen LogP contribution < -0.4 is 10.6 Å². The molecular formula is C19H16BrClN4O2. The van der Waals surface area contributed by atoms with Gasteiger partial charge in [-0.2, -0.15) is 5.10 Å². The minimum absolute atomic E-state index is 0.138. The largest absolute Gasteiger partial charge is 0.343 e. The number of hydrogen-bond acceptors (Lipinski definition) is 3. The second-order valence-electron chi connectivity index (χ2n) is 5.74. The van der Waals surface area contributed by atoms with Gasteiger partial charge in [0.1, 0.15) is 5.82 Å². The van der Waals surface area contributed by atoms with E-state index in [1.165, 1.54) is 0 Å². The fraction of sp³-hybridized carbons (Fsp3) is 0.105. The minimum Gasteiger partial charge on any atom is -0.343 e. The van der Waals surface area contributed by atoms with Gasteiger partial charge in [0.25, 0.3) is 5.91 Å². The van der Waals surface area contributed by atoms with Crippen molar-refractivity contribution in [2.75, 3.05) is 11.9 Å². The zero-order valence-electron chi connectivity index (χ0n) is 14.2. The highest BCUT2D eigenvalue weighted by Gasteiger charge is 2.11. The second kappa shape index (κ2) is 8.83. The van der Waals surface area contributed by atoms with Crippen LogP contribution in [0.1, 0.15) is 15.9 Å². The Labute approximate surface area is 169 Å². The van der Waals surface area contributed by atoms with Gasteiger partial charge in [-0.3, -0.25) is 9.59 Å². The molecule has 0 spiro atoms. The zero-order chi connectivity index (χ0) is 19.2. The zero-order valence-corrected chi connectivity index (χ0v) is 16.5. The van der Waals surface area contributed by atoms with Crippen molar-refractivity contribution < 1.29 is 9.59 Å².